The van der Waals surface area contributed by atoms with E-state index in [1.165, 1.54) is 24.3 Å². The van der Waals surface area contributed by atoms with Crippen LogP contribution < -0.4 is 4.74 Å². The van der Waals surface area contributed by atoms with Crippen molar-refractivity contribution >= 4 is 12.0 Å². The highest BCUT2D eigenvalue weighted by Gasteiger charge is 2.23. The van der Waals surface area contributed by atoms with Crippen LogP contribution in [0.3, 0.4) is 0 Å². The van der Waals surface area contributed by atoms with Crippen molar-refractivity contribution in [2.75, 3.05) is 0 Å². The lowest BCUT2D eigenvalue weighted by Gasteiger charge is -2.03. The first-order valence-corrected chi connectivity index (χ1v) is 5.71. The molecule has 0 radical (unpaired) electrons. The molecule has 20 heavy (non-hydrogen) atoms. The maximum absolute atomic E-state index is 10.5. The fourth-order valence-corrected chi connectivity index (χ4v) is 1.97. The fraction of sp³-hybridized carbons (Fsp3) is 0.0769. The van der Waals surface area contributed by atoms with Gasteiger partial charge < -0.3 is 19.4 Å². The van der Waals surface area contributed by atoms with E-state index < -0.39 is 4.92 Å². The lowest BCUT2D eigenvalue weighted by atomic mass is 10.1. The molecule has 0 bridgehead atoms. The van der Waals surface area contributed by atoms with Crippen LogP contribution in [-0.2, 0) is 6.42 Å². The summed E-state index contributed by atoms with van der Waals surface area (Å²) >= 11 is 0. The van der Waals surface area contributed by atoms with Gasteiger partial charge in [0.05, 0.1) is 6.07 Å². The SMILES string of the molecule is O=[N+]([O-])c1ccc(C=C2Cc3ccc(O)c(O)c3O2)o1. The molecule has 3 rings (SSSR count). The molecule has 7 nitrogen and oxygen atoms in total. The molecule has 0 amide bonds. The Balaban J connectivity index is 1.89. The van der Waals surface area contributed by atoms with Crippen molar-refractivity contribution in [3.63, 3.8) is 0 Å². The highest BCUT2D eigenvalue weighted by molar-refractivity contribution is 5.61. The summed E-state index contributed by atoms with van der Waals surface area (Å²) in [7, 11) is 0. The highest BCUT2D eigenvalue weighted by Crippen LogP contribution is 2.44. The van der Waals surface area contributed by atoms with Crippen LogP contribution in [0, 0.1) is 10.1 Å². The number of ether oxygens (including phenoxy) is 1. The van der Waals surface area contributed by atoms with Gasteiger partial charge in [-0.05, 0) is 12.1 Å². The van der Waals surface area contributed by atoms with E-state index in [0.717, 1.165) is 0 Å². The Labute approximate surface area is 112 Å². The molecule has 0 unspecified atom stereocenters. The first-order chi connectivity index (χ1) is 9.54. The summed E-state index contributed by atoms with van der Waals surface area (Å²) in [6.07, 6.45) is 1.90. The first kappa shape index (κ1) is 12.1. The van der Waals surface area contributed by atoms with Crippen molar-refractivity contribution in [3.8, 4) is 17.2 Å². The van der Waals surface area contributed by atoms with E-state index in [9.17, 15) is 20.3 Å². The molecule has 0 spiro atoms. The van der Waals surface area contributed by atoms with Crippen LogP contribution in [0.15, 0.2) is 34.4 Å². The molecule has 1 aromatic heterocycles. The minimum absolute atomic E-state index is 0.192. The lowest BCUT2D eigenvalue weighted by Crippen LogP contribution is -1.87. The smallest absolute Gasteiger partial charge is 0.433 e. The number of rotatable bonds is 2. The predicted molar refractivity (Wildman–Crippen MR) is 67.4 cm³/mol. The molecule has 2 N–H and O–H groups in total. The van der Waals surface area contributed by atoms with E-state index in [1.807, 2.05) is 0 Å². The van der Waals surface area contributed by atoms with Crippen LogP contribution in [0.2, 0.25) is 0 Å². The van der Waals surface area contributed by atoms with Gasteiger partial charge in [0, 0.05) is 18.1 Å². The van der Waals surface area contributed by atoms with E-state index in [1.54, 1.807) is 6.07 Å². The average Bonchev–Trinajstić information content (AvgIpc) is 3.01. The molecule has 0 saturated carbocycles. The Morgan fingerprint density at radius 3 is 2.75 bits per heavy atom. The zero-order valence-corrected chi connectivity index (χ0v) is 10.1. The summed E-state index contributed by atoms with van der Waals surface area (Å²) in [5, 5.41) is 29.6. The molecular formula is C13H9NO6. The number of benzene rings is 1. The average molecular weight is 275 g/mol. The minimum Gasteiger partial charge on any atom is -0.504 e. The van der Waals surface area contributed by atoms with Gasteiger partial charge in [0.25, 0.3) is 0 Å². The van der Waals surface area contributed by atoms with Crippen molar-refractivity contribution in [2.24, 2.45) is 0 Å². The normalized spacial score (nSPS) is 15.1. The summed E-state index contributed by atoms with van der Waals surface area (Å²) in [5.74, 6) is -0.00603. The Morgan fingerprint density at radius 2 is 2.05 bits per heavy atom. The molecule has 1 aliphatic rings. The van der Waals surface area contributed by atoms with Gasteiger partial charge in [-0.25, -0.2) is 0 Å². The maximum atomic E-state index is 10.5. The molecule has 1 aliphatic heterocycles. The maximum Gasteiger partial charge on any atom is 0.433 e. The van der Waals surface area contributed by atoms with E-state index >= 15 is 0 Å². The molecule has 7 heteroatoms. The van der Waals surface area contributed by atoms with Crippen LogP contribution in [0.5, 0.6) is 17.2 Å². The second kappa shape index (κ2) is 4.30. The number of aromatic hydroxyl groups is 2. The van der Waals surface area contributed by atoms with Crippen LogP contribution in [0.4, 0.5) is 5.88 Å². The number of hydrogen-bond donors (Lipinski definition) is 2. The van der Waals surface area contributed by atoms with E-state index in [-0.39, 0.29) is 28.9 Å². The Morgan fingerprint density at radius 1 is 1.25 bits per heavy atom. The van der Waals surface area contributed by atoms with Gasteiger partial charge in [0.1, 0.15) is 16.4 Å². The monoisotopic (exact) mass is 275 g/mol. The fourth-order valence-electron chi connectivity index (χ4n) is 1.97. The van der Waals surface area contributed by atoms with Gasteiger partial charge in [-0.3, -0.25) is 10.1 Å². The Kier molecular flexibility index (Phi) is 2.60. The van der Waals surface area contributed by atoms with Crippen LogP contribution in [0.1, 0.15) is 11.3 Å². The first-order valence-electron chi connectivity index (χ1n) is 5.71. The van der Waals surface area contributed by atoms with Crippen molar-refractivity contribution in [3.05, 3.63) is 51.5 Å². The highest BCUT2D eigenvalue weighted by atomic mass is 16.6. The third-order valence-corrected chi connectivity index (χ3v) is 2.89. The van der Waals surface area contributed by atoms with Crippen molar-refractivity contribution < 1.29 is 24.3 Å². The van der Waals surface area contributed by atoms with Crippen molar-refractivity contribution in [1.29, 1.82) is 0 Å². The molecule has 102 valence electrons. The van der Waals surface area contributed by atoms with Gasteiger partial charge >= 0.3 is 5.88 Å². The van der Waals surface area contributed by atoms with Crippen LogP contribution >= 0.6 is 0 Å². The van der Waals surface area contributed by atoms with Crippen molar-refractivity contribution in [1.82, 2.24) is 0 Å². The summed E-state index contributed by atoms with van der Waals surface area (Å²) in [6.45, 7) is 0. The largest absolute Gasteiger partial charge is 0.504 e. The summed E-state index contributed by atoms with van der Waals surface area (Å²) in [4.78, 5) is 9.88. The second-order valence-corrected chi connectivity index (χ2v) is 4.24. The number of phenolic OH excluding ortho intramolecular Hbond substituents is 2. The molecule has 0 saturated heterocycles. The summed E-state index contributed by atoms with van der Waals surface area (Å²) in [6, 6.07) is 5.71. The minimum atomic E-state index is -0.629. The topological polar surface area (TPSA) is 106 Å². The van der Waals surface area contributed by atoms with Gasteiger partial charge in [-0.15, -0.1) is 0 Å². The van der Waals surface area contributed by atoms with Gasteiger partial charge in [-0.1, -0.05) is 6.07 Å². The molecule has 1 aromatic carbocycles. The van der Waals surface area contributed by atoms with Gasteiger partial charge in [0.15, 0.2) is 11.5 Å². The summed E-state index contributed by atoms with van der Waals surface area (Å²) in [5.41, 5.74) is 0.715. The molecule has 0 fully saturated rings. The van der Waals surface area contributed by atoms with E-state index in [2.05, 4.69) is 0 Å². The van der Waals surface area contributed by atoms with Crippen molar-refractivity contribution in [2.45, 2.75) is 6.42 Å². The number of allylic oxidation sites excluding steroid dienone is 1. The van der Waals surface area contributed by atoms with Gasteiger partial charge in [0.2, 0.25) is 5.75 Å². The van der Waals surface area contributed by atoms with Crippen LogP contribution in [0.25, 0.3) is 6.08 Å². The number of nitro groups is 1. The Bertz CT molecular complexity index is 730. The number of fused-ring (bicyclic) bond motifs is 1. The molecule has 0 atom stereocenters. The zero-order chi connectivity index (χ0) is 14.3. The third kappa shape index (κ3) is 1.95. The number of nitrogens with zero attached hydrogens (tertiary/aromatic N) is 1. The second-order valence-electron chi connectivity index (χ2n) is 4.24. The molecule has 2 aromatic rings. The predicted octanol–water partition coefficient (Wildman–Crippen LogP) is 2.58. The standard InChI is InChI=1S/C13H9NO6/c15-10-3-1-7-5-9(20-13(7)12(10)16)6-8-2-4-11(19-8)14(17)18/h1-4,6,15-16H,5H2. The number of hydrogen-bond acceptors (Lipinski definition) is 6. The van der Waals surface area contributed by atoms with E-state index in [0.29, 0.717) is 17.7 Å². The lowest BCUT2D eigenvalue weighted by molar-refractivity contribution is -0.402. The zero-order valence-electron chi connectivity index (χ0n) is 10.1. The summed E-state index contributed by atoms with van der Waals surface area (Å²) < 4.78 is 10.4. The number of furan rings is 1. The quantitative estimate of drug-likeness (QED) is 0.495. The van der Waals surface area contributed by atoms with Gasteiger partial charge in [-0.2, -0.15) is 0 Å². The molecular weight excluding hydrogens is 266 g/mol. The number of phenols is 2. The third-order valence-electron chi connectivity index (χ3n) is 2.89. The Hall–Kier alpha value is -2.96. The van der Waals surface area contributed by atoms with Crippen LogP contribution in [-0.4, -0.2) is 15.1 Å². The molecule has 2 heterocycles. The molecule has 0 aliphatic carbocycles. The van der Waals surface area contributed by atoms with E-state index in [4.69, 9.17) is 9.15 Å².